The van der Waals surface area contributed by atoms with E-state index in [2.05, 4.69) is 207 Å². The smallest absolute Gasteiger partial charge is 0.0543 e. The second-order valence-corrected chi connectivity index (χ2v) is 19.7. The molecular formula is C61H51N. The maximum atomic E-state index is 2.53. The summed E-state index contributed by atoms with van der Waals surface area (Å²) in [4.78, 5) is 2.53. The van der Waals surface area contributed by atoms with Crippen molar-refractivity contribution in [2.75, 3.05) is 4.90 Å². The van der Waals surface area contributed by atoms with E-state index in [9.17, 15) is 0 Å². The lowest BCUT2D eigenvalue weighted by Crippen LogP contribution is -2.55. The zero-order valence-electron chi connectivity index (χ0n) is 35.7. The first-order valence-corrected chi connectivity index (χ1v) is 23.1. The first-order chi connectivity index (χ1) is 30.5. The van der Waals surface area contributed by atoms with Gasteiger partial charge in [-0.3, -0.25) is 0 Å². The van der Waals surface area contributed by atoms with E-state index in [1.807, 2.05) is 0 Å². The average Bonchev–Trinajstić information content (AvgIpc) is 3.75. The minimum absolute atomic E-state index is 0.0693. The second kappa shape index (κ2) is 13.5. The highest BCUT2D eigenvalue weighted by molar-refractivity contribution is 5.98. The van der Waals surface area contributed by atoms with Gasteiger partial charge in [0, 0.05) is 27.8 Å². The lowest BCUT2D eigenvalue weighted by atomic mass is 9.42. The number of nitrogens with zero attached hydrogens (tertiary/aromatic N) is 1. The lowest BCUT2D eigenvalue weighted by Gasteiger charge is -2.61. The molecule has 6 aliphatic carbocycles. The number of benzene rings is 8. The first kappa shape index (κ1) is 36.2. The van der Waals surface area contributed by atoms with Crippen LogP contribution in [0.4, 0.5) is 17.1 Å². The zero-order valence-corrected chi connectivity index (χ0v) is 35.7. The van der Waals surface area contributed by atoms with Crippen molar-refractivity contribution in [2.24, 2.45) is 23.7 Å². The zero-order chi connectivity index (χ0) is 41.2. The van der Waals surface area contributed by atoms with Crippen LogP contribution < -0.4 is 4.90 Å². The standard InChI is InChI=1S/C61H51N/c1-60(2)54-23-11-10-20-52(54)58-56(60)25-14-26-57(58)62(46-29-27-42(28-30-46)41-15-5-3-6-16-41)47-31-32-48(53(38-47)43-17-7-4-8-18-43)50-21-13-22-51-49-19-9-12-24-55(49)61(59(50)51)44-34-39-33-40(36-44)37-45(61)35-39/h3-32,38-40,44-45H,33-37H2,1-2H3. The van der Waals surface area contributed by atoms with Crippen molar-refractivity contribution < 1.29 is 0 Å². The molecule has 0 aliphatic heterocycles. The number of hydrogen-bond donors (Lipinski definition) is 0. The topological polar surface area (TPSA) is 3.24 Å². The SMILES string of the molecule is CC1(C)c2ccccc2-c2c(N(c3ccc(-c4ccccc4)cc3)c3ccc(-c4cccc5c4C4(c6ccccc6-5)C5CC6CC(C5)CC4C6)c(-c4ccccc4)c3)cccc21. The van der Waals surface area contributed by atoms with Crippen molar-refractivity contribution in [3.05, 3.63) is 210 Å². The third-order valence-electron chi connectivity index (χ3n) is 16.3. The van der Waals surface area contributed by atoms with Crippen LogP contribution >= 0.6 is 0 Å². The van der Waals surface area contributed by atoms with E-state index >= 15 is 0 Å². The van der Waals surface area contributed by atoms with E-state index in [-0.39, 0.29) is 10.8 Å². The molecule has 0 radical (unpaired) electrons. The fraction of sp³-hybridized carbons (Fsp3) is 0.213. The molecule has 1 heteroatoms. The number of anilines is 3. The lowest BCUT2D eigenvalue weighted by molar-refractivity contribution is -0.0397. The van der Waals surface area contributed by atoms with E-state index in [0.717, 1.165) is 23.2 Å². The Hall–Kier alpha value is -6.44. The predicted octanol–water partition coefficient (Wildman–Crippen LogP) is 16.2. The Morgan fingerprint density at radius 3 is 1.63 bits per heavy atom. The highest BCUT2D eigenvalue weighted by Gasteiger charge is 2.62. The van der Waals surface area contributed by atoms with Crippen LogP contribution in [0.2, 0.25) is 0 Å². The fourth-order valence-electron chi connectivity index (χ4n) is 14.0. The third kappa shape index (κ3) is 5.09. The van der Waals surface area contributed by atoms with Gasteiger partial charge in [-0.25, -0.2) is 0 Å². The van der Waals surface area contributed by atoms with Crippen molar-refractivity contribution in [2.45, 2.75) is 56.8 Å². The molecule has 8 aromatic rings. The Balaban J connectivity index is 1.04. The Morgan fingerprint density at radius 1 is 0.387 bits per heavy atom. The first-order valence-electron chi connectivity index (χ1n) is 23.1. The Kier molecular flexibility index (Phi) is 7.91. The van der Waals surface area contributed by atoms with Crippen LogP contribution in [0.25, 0.3) is 55.6 Å². The maximum absolute atomic E-state index is 2.53. The predicted molar refractivity (Wildman–Crippen MR) is 258 cm³/mol. The van der Waals surface area contributed by atoms with Crippen molar-refractivity contribution >= 4 is 17.1 Å². The summed E-state index contributed by atoms with van der Waals surface area (Å²) in [5, 5.41) is 0. The monoisotopic (exact) mass is 797 g/mol. The highest BCUT2D eigenvalue weighted by atomic mass is 15.1. The molecule has 0 unspecified atom stereocenters. The van der Waals surface area contributed by atoms with Gasteiger partial charge < -0.3 is 4.90 Å². The van der Waals surface area contributed by atoms with E-state index in [4.69, 9.17) is 0 Å². The van der Waals surface area contributed by atoms with Crippen molar-refractivity contribution in [1.82, 2.24) is 0 Å². The van der Waals surface area contributed by atoms with Gasteiger partial charge in [0.05, 0.1) is 5.69 Å². The molecule has 8 aromatic carbocycles. The quantitative estimate of drug-likeness (QED) is 0.162. The summed E-state index contributed by atoms with van der Waals surface area (Å²) >= 11 is 0. The van der Waals surface area contributed by atoms with E-state index < -0.39 is 0 Å². The Bertz CT molecular complexity index is 3020. The van der Waals surface area contributed by atoms with Gasteiger partial charge in [0.25, 0.3) is 0 Å². The molecule has 0 heterocycles. The molecule has 0 amide bonds. The Labute approximate surface area is 366 Å². The van der Waals surface area contributed by atoms with Gasteiger partial charge in [0.15, 0.2) is 0 Å². The molecular weight excluding hydrogens is 747 g/mol. The van der Waals surface area contributed by atoms with Crippen LogP contribution in [0.5, 0.6) is 0 Å². The summed E-state index contributed by atoms with van der Waals surface area (Å²) < 4.78 is 0. The van der Waals surface area contributed by atoms with Crippen LogP contribution in [0.3, 0.4) is 0 Å². The van der Waals surface area contributed by atoms with E-state index in [0.29, 0.717) is 11.8 Å². The van der Waals surface area contributed by atoms with Gasteiger partial charge >= 0.3 is 0 Å². The molecule has 14 rings (SSSR count). The molecule has 1 nitrogen and oxygen atoms in total. The molecule has 1 spiro atoms. The van der Waals surface area contributed by atoms with Gasteiger partial charge in [0.2, 0.25) is 0 Å². The normalized spacial score (nSPS) is 22.9. The number of rotatable bonds is 6. The highest BCUT2D eigenvalue weighted by Crippen LogP contribution is 2.70. The summed E-state index contributed by atoms with van der Waals surface area (Å²) in [7, 11) is 0. The number of hydrogen-bond acceptors (Lipinski definition) is 1. The van der Waals surface area contributed by atoms with Crippen LogP contribution in [-0.2, 0) is 10.8 Å². The molecule has 4 fully saturated rings. The van der Waals surface area contributed by atoms with Gasteiger partial charge in [-0.05, 0) is 158 Å². The fourth-order valence-corrected chi connectivity index (χ4v) is 14.0. The molecule has 0 N–H and O–H groups in total. The van der Waals surface area contributed by atoms with Crippen LogP contribution in [0.1, 0.15) is 68.2 Å². The maximum Gasteiger partial charge on any atom is 0.0543 e. The van der Waals surface area contributed by atoms with Crippen molar-refractivity contribution in [1.29, 1.82) is 0 Å². The largest absolute Gasteiger partial charge is 0.310 e. The molecule has 6 aliphatic rings. The Morgan fingerprint density at radius 2 is 0.919 bits per heavy atom. The van der Waals surface area contributed by atoms with E-state index in [1.165, 1.54) is 105 Å². The number of fused-ring (bicyclic) bond motifs is 6. The summed E-state index contributed by atoms with van der Waals surface area (Å²) in [6.45, 7) is 4.77. The van der Waals surface area contributed by atoms with E-state index in [1.54, 1.807) is 11.1 Å². The molecule has 0 atom stereocenters. The summed E-state index contributed by atoms with van der Waals surface area (Å²) in [5.41, 5.74) is 22.8. The second-order valence-electron chi connectivity index (χ2n) is 19.7. The third-order valence-corrected chi connectivity index (χ3v) is 16.3. The molecule has 4 saturated carbocycles. The van der Waals surface area contributed by atoms with Crippen molar-refractivity contribution in [3.8, 4) is 55.6 Å². The molecule has 62 heavy (non-hydrogen) atoms. The molecule has 300 valence electrons. The average molecular weight is 798 g/mol. The van der Waals surface area contributed by atoms with Gasteiger partial charge in [0.1, 0.15) is 0 Å². The summed E-state index contributed by atoms with van der Waals surface area (Å²) in [5.74, 6) is 3.19. The minimum atomic E-state index is -0.108. The van der Waals surface area contributed by atoms with Gasteiger partial charge in [-0.15, -0.1) is 0 Å². The van der Waals surface area contributed by atoms with Crippen LogP contribution in [0.15, 0.2) is 188 Å². The summed E-state index contributed by atoms with van der Waals surface area (Å²) in [6.07, 6.45) is 6.95. The summed E-state index contributed by atoms with van der Waals surface area (Å²) in [6, 6.07) is 71.4. The molecule has 4 bridgehead atoms. The van der Waals surface area contributed by atoms with Crippen molar-refractivity contribution in [3.63, 3.8) is 0 Å². The van der Waals surface area contributed by atoms with Gasteiger partial charge in [-0.1, -0.05) is 172 Å². The molecule has 0 saturated heterocycles. The van der Waals surface area contributed by atoms with Gasteiger partial charge in [-0.2, -0.15) is 0 Å². The molecule has 0 aromatic heterocycles. The van der Waals surface area contributed by atoms with Crippen LogP contribution in [-0.4, -0.2) is 0 Å². The minimum Gasteiger partial charge on any atom is -0.310 e. The van der Waals surface area contributed by atoms with Crippen LogP contribution in [0, 0.1) is 23.7 Å².